The Kier molecular flexibility index (Phi) is 4.89. The first-order valence-electron chi connectivity index (χ1n) is 5.11. The minimum Gasteiger partial charge on any atom is -0.464 e. The van der Waals surface area contributed by atoms with Crippen LogP contribution in [0.2, 0.25) is 0 Å². The summed E-state index contributed by atoms with van der Waals surface area (Å²) in [6.45, 7) is 1.76. The van der Waals surface area contributed by atoms with Gasteiger partial charge in [0.1, 0.15) is 0 Å². The van der Waals surface area contributed by atoms with Crippen LogP contribution in [0.4, 0.5) is 0 Å². The van der Waals surface area contributed by atoms with Crippen LogP contribution in [0.1, 0.15) is 18.6 Å². The summed E-state index contributed by atoms with van der Waals surface area (Å²) >= 11 is 3.13. The lowest BCUT2D eigenvalue weighted by Crippen LogP contribution is -2.15. The summed E-state index contributed by atoms with van der Waals surface area (Å²) < 4.78 is 28.0. The molecule has 0 aliphatic carbocycles. The molecule has 1 atom stereocenters. The van der Waals surface area contributed by atoms with E-state index in [1.54, 1.807) is 6.92 Å². The van der Waals surface area contributed by atoms with Crippen molar-refractivity contribution in [2.45, 2.75) is 17.9 Å². The van der Waals surface area contributed by atoms with E-state index in [4.69, 9.17) is 0 Å². The number of benzene rings is 1. The number of ether oxygens (including phenoxy) is 1. The predicted molar refractivity (Wildman–Crippen MR) is 68.8 cm³/mol. The third-order valence-corrected chi connectivity index (χ3v) is 3.70. The minimum atomic E-state index is -3.41. The summed E-state index contributed by atoms with van der Waals surface area (Å²) in [7, 11) is -3.41. The highest BCUT2D eigenvalue weighted by Crippen LogP contribution is 2.24. The quantitative estimate of drug-likeness (QED) is 0.841. The van der Waals surface area contributed by atoms with Crippen LogP contribution in [0.3, 0.4) is 0 Å². The normalized spacial score (nSPS) is 13.1. The zero-order valence-electron chi connectivity index (χ0n) is 9.88. The molecular formula is C11H13BrO5S. The first-order valence-corrected chi connectivity index (χ1v) is 7.79. The molecule has 1 unspecified atom stereocenters. The molecule has 0 heterocycles. The molecule has 0 aromatic heterocycles. The number of carbonyl (C=O) groups excluding carboxylic acids is 1. The number of carbonyl (C=O) groups is 1. The summed E-state index contributed by atoms with van der Waals surface area (Å²) in [6.07, 6.45) is -0.446. The van der Waals surface area contributed by atoms with E-state index in [0.29, 0.717) is 4.47 Å². The first kappa shape index (κ1) is 15.1. The van der Waals surface area contributed by atoms with Gasteiger partial charge in [-0.15, -0.1) is 0 Å². The van der Waals surface area contributed by atoms with E-state index in [-0.39, 0.29) is 17.1 Å². The number of aliphatic hydroxyl groups is 1. The van der Waals surface area contributed by atoms with Gasteiger partial charge in [0.25, 0.3) is 0 Å². The molecular weight excluding hydrogens is 324 g/mol. The molecule has 0 saturated carbocycles. The Bertz CT molecular complexity index is 553. The predicted octanol–water partition coefficient (Wildman–Crippen LogP) is 1.45. The Hall–Kier alpha value is -0.920. The minimum absolute atomic E-state index is 0.0234. The molecule has 1 N–H and O–H groups in total. The monoisotopic (exact) mass is 336 g/mol. The molecule has 0 fully saturated rings. The number of hydrogen-bond donors (Lipinski definition) is 1. The Morgan fingerprint density at radius 3 is 2.56 bits per heavy atom. The van der Waals surface area contributed by atoms with E-state index in [1.807, 2.05) is 0 Å². The summed E-state index contributed by atoms with van der Waals surface area (Å²) in [6, 6.07) is 4.12. The van der Waals surface area contributed by atoms with E-state index in [2.05, 4.69) is 20.7 Å². The summed E-state index contributed by atoms with van der Waals surface area (Å²) in [5.74, 6) is -0.810. The maximum atomic E-state index is 11.4. The van der Waals surface area contributed by atoms with Crippen molar-refractivity contribution in [1.82, 2.24) is 0 Å². The van der Waals surface area contributed by atoms with Crippen LogP contribution < -0.4 is 0 Å². The summed E-state index contributed by atoms with van der Waals surface area (Å²) in [4.78, 5) is 11.4. The molecule has 0 saturated heterocycles. The van der Waals surface area contributed by atoms with E-state index < -0.39 is 21.9 Å². The smallest absolute Gasteiger partial charge is 0.339 e. The van der Waals surface area contributed by atoms with Gasteiger partial charge in [-0.1, -0.05) is 15.9 Å². The van der Waals surface area contributed by atoms with Crippen molar-refractivity contribution in [3.05, 3.63) is 28.2 Å². The molecule has 100 valence electrons. The van der Waals surface area contributed by atoms with Gasteiger partial charge in [0, 0.05) is 10.7 Å². The lowest BCUT2D eigenvalue weighted by molar-refractivity contribution is -0.153. The van der Waals surface area contributed by atoms with E-state index in [0.717, 1.165) is 6.26 Å². The van der Waals surface area contributed by atoms with Crippen LogP contribution in [-0.2, 0) is 19.4 Å². The van der Waals surface area contributed by atoms with Crippen molar-refractivity contribution in [3.8, 4) is 0 Å². The molecule has 1 rings (SSSR count). The summed E-state index contributed by atoms with van der Waals surface area (Å²) in [5.41, 5.74) is 0.170. The van der Waals surface area contributed by atoms with Gasteiger partial charge in [-0.3, -0.25) is 0 Å². The molecule has 18 heavy (non-hydrogen) atoms. The lowest BCUT2D eigenvalue weighted by atomic mass is 10.1. The third kappa shape index (κ3) is 3.79. The molecule has 7 heteroatoms. The number of sulfone groups is 1. The maximum Gasteiger partial charge on any atom is 0.339 e. The number of aliphatic hydroxyl groups excluding tert-OH is 1. The highest BCUT2D eigenvalue weighted by Gasteiger charge is 2.21. The highest BCUT2D eigenvalue weighted by atomic mass is 79.9. The van der Waals surface area contributed by atoms with Gasteiger partial charge in [-0.25, -0.2) is 13.2 Å². The van der Waals surface area contributed by atoms with Gasteiger partial charge in [0.2, 0.25) is 0 Å². The van der Waals surface area contributed by atoms with Gasteiger partial charge >= 0.3 is 5.97 Å². The third-order valence-electron chi connectivity index (χ3n) is 2.15. The zero-order valence-corrected chi connectivity index (χ0v) is 12.3. The van der Waals surface area contributed by atoms with Crippen LogP contribution in [0, 0.1) is 0 Å². The van der Waals surface area contributed by atoms with Crippen LogP contribution >= 0.6 is 15.9 Å². The molecule has 1 aromatic carbocycles. The fourth-order valence-electron chi connectivity index (χ4n) is 1.31. The molecule has 5 nitrogen and oxygen atoms in total. The first-order chi connectivity index (χ1) is 8.25. The van der Waals surface area contributed by atoms with Crippen LogP contribution in [0.25, 0.3) is 0 Å². The SMILES string of the molecule is CCOC(=O)C(O)c1cc(Br)cc(S(C)(=O)=O)c1. The topological polar surface area (TPSA) is 80.7 Å². The molecule has 0 radical (unpaired) electrons. The summed E-state index contributed by atoms with van der Waals surface area (Å²) in [5, 5.41) is 9.74. The van der Waals surface area contributed by atoms with E-state index >= 15 is 0 Å². The largest absolute Gasteiger partial charge is 0.464 e. The van der Waals surface area contributed by atoms with Gasteiger partial charge in [-0.05, 0) is 30.7 Å². The van der Waals surface area contributed by atoms with Gasteiger partial charge < -0.3 is 9.84 Å². The van der Waals surface area contributed by atoms with Gasteiger partial charge in [-0.2, -0.15) is 0 Å². The Morgan fingerprint density at radius 2 is 2.06 bits per heavy atom. The molecule has 0 spiro atoms. The number of halogens is 1. The van der Waals surface area contributed by atoms with Gasteiger partial charge in [0.05, 0.1) is 11.5 Å². The molecule has 0 amide bonds. The van der Waals surface area contributed by atoms with Crippen LogP contribution in [-0.4, -0.2) is 32.4 Å². The Labute approximate surface area is 114 Å². The molecule has 0 aliphatic heterocycles. The average Bonchev–Trinajstić information content (AvgIpc) is 2.26. The van der Waals surface area contributed by atoms with Gasteiger partial charge in [0.15, 0.2) is 15.9 Å². The molecule has 1 aromatic rings. The van der Waals surface area contributed by atoms with E-state index in [9.17, 15) is 18.3 Å². The second-order valence-corrected chi connectivity index (χ2v) is 6.58. The highest BCUT2D eigenvalue weighted by molar-refractivity contribution is 9.10. The standard InChI is InChI=1S/C11H13BrO5S/c1-3-17-11(14)10(13)7-4-8(12)6-9(5-7)18(2,15)16/h4-6,10,13H,3H2,1-2H3. The van der Waals surface area contributed by atoms with Crippen molar-refractivity contribution in [2.75, 3.05) is 12.9 Å². The lowest BCUT2D eigenvalue weighted by Gasteiger charge is -2.11. The molecule has 0 bridgehead atoms. The Morgan fingerprint density at radius 1 is 1.44 bits per heavy atom. The average molecular weight is 337 g/mol. The number of esters is 1. The van der Waals surface area contributed by atoms with Crippen molar-refractivity contribution in [1.29, 1.82) is 0 Å². The maximum absolute atomic E-state index is 11.4. The zero-order chi connectivity index (χ0) is 13.9. The Balaban J connectivity index is 3.18. The molecule has 0 aliphatic rings. The van der Waals surface area contributed by atoms with Crippen LogP contribution in [0.5, 0.6) is 0 Å². The van der Waals surface area contributed by atoms with Crippen molar-refractivity contribution >= 4 is 31.7 Å². The van der Waals surface area contributed by atoms with Crippen molar-refractivity contribution < 1.29 is 23.1 Å². The fraction of sp³-hybridized carbons (Fsp3) is 0.364. The van der Waals surface area contributed by atoms with Crippen molar-refractivity contribution in [2.24, 2.45) is 0 Å². The van der Waals surface area contributed by atoms with Crippen molar-refractivity contribution in [3.63, 3.8) is 0 Å². The van der Waals surface area contributed by atoms with Crippen LogP contribution in [0.15, 0.2) is 27.6 Å². The number of rotatable bonds is 4. The number of hydrogen-bond acceptors (Lipinski definition) is 5. The fourth-order valence-corrected chi connectivity index (χ4v) is 2.67. The second-order valence-electron chi connectivity index (χ2n) is 3.65. The van der Waals surface area contributed by atoms with E-state index in [1.165, 1.54) is 18.2 Å². The second kappa shape index (κ2) is 5.81.